The fourth-order valence-electron chi connectivity index (χ4n) is 1.89. The minimum atomic E-state index is -0.276. The highest BCUT2D eigenvalue weighted by Gasteiger charge is 2.02. The van der Waals surface area contributed by atoms with Gasteiger partial charge in [0.15, 0.2) is 0 Å². The van der Waals surface area contributed by atoms with Crippen LogP contribution in [0.5, 0.6) is 5.75 Å². The molecule has 0 bridgehead atoms. The third-order valence-corrected chi connectivity index (χ3v) is 3.20. The smallest absolute Gasteiger partial charge is 0.307 e. The molecule has 0 fully saturated rings. The van der Waals surface area contributed by atoms with Crippen LogP contribution >= 0.6 is 9.90 Å². The molecule has 2 N–H and O–H groups in total. The topological polar surface area (TPSA) is 61.5 Å². The van der Waals surface area contributed by atoms with Crippen LogP contribution in [-0.2, 0) is 22.7 Å². The number of nitrogens with two attached hydrogens (primary N) is 1. The van der Waals surface area contributed by atoms with E-state index in [9.17, 15) is 4.79 Å². The van der Waals surface area contributed by atoms with E-state index in [0.29, 0.717) is 13.2 Å². The molecule has 2 rings (SSSR count). The largest absolute Gasteiger partial charge is 0.489 e. The minimum absolute atomic E-state index is 0. The van der Waals surface area contributed by atoms with Gasteiger partial charge >= 0.3 is 5.97 Å². The van der Waals surface area contributed by atoms with E-state index in [1.807, 2.05) is 24.3 Å². The summed E-state index contributed by atoms with van der Waals surface area (Å²) in [6.45, 7) is 3.16. The maximum absolute atomic E-state index is 11.2. The molecule has 0 aliphatic heterocycles. The molecule has 124 valence electrons. The number of hydrogen-bond donors (Lipinski definition) is 1. The zero-order chi connectivity index (χ0) is 15.8. The summed E-state index contributed by atoms with van der Waals surface area (Å²) in [5.74, 6) is 0.514. The van der Waals surface area contributed by atoms with Crippen LogP contribution < -0.4 is 10.5 Å². The highest BCUT2D eigenvalue weighted by molar-refractivity contribution is 6.92. The maximum Gasteiger partial charge on any atom is 0.307 e. The lowest BCUT2D eigenvalue weighted by atomic mass is 10.2. The van der Waals surface area contributed by atoms with Crippen LogP contribution in [0.25, 0.3) is 0 Å². The van der Waals surface area contributed by atoms with E-state index in [2.05, 4.69) is 31.2 Å². The lowest BCUT2D eigenvalue weighted by Gasteiger charge is -2.08. The molecular formula is C18H24NO3P. The van der Waals surface area contributed by atoms with Crippen molar-refractivity contribution in [3.8, 4) is 5.75 Å². The number of rotatable bonds is 7. The van der Waals surface area contributed by atoms with Crippen LogP contribution in [0.15, 0.2) is 48.5 Å². The highest BCUT2D eigenvalue weighted by Crippen LogP contribution is 2.15. The average molecular weight is 333 g/mol. The van der Waals surface area contributed by atoms with Crippen LogP contribution in [0.3, 0.4) is 0 Å². The van der Waals surface area contributed by atoms with E-state index in [1.54, 1.807) is 0 Å². The number of esters is 1. The monoisotopic (exact) mass is 333 g/mol. The Bertz CT molecular complexity index is 597. The molecule has 0 heterocycles. The van der Waals surface area contributed by atoms with Gasteiger partial charge in [0, 0.05) is 6.54 Å². The fourth-order valence-corrected chi connectivity index (χ4v) is 1.89. The summed E-state index contributed by atoms with van der Waals surface area (Å²) in [7, 11) is 0. The molecule has 0 amide bonds. The molecule has 0 radical (unpaired) electrons. The molecule has 0 saturated heterocycles. The van der Waals surface area contributed by atoms with Gasteiger partial charge in [0.2, 0.25) is 0 Å². The Morgan fingerprint density at radius 2 is 1.52 bits per heavy atom. The molecule has 0 aliphatic carbocycles. The summed E-state index contributed by atoms with van der Waals surface area (Å²) < 4.78 is 10.8. The lowest BCUT2D eigenvalue weighted by molar-refractivity contribution is -0.144. The molecule has 1 atom stereocenters. The molecular weight excluding hydrogens is 309 g/mol. The Kier molecular flexibility index (Phi) is 8.31. The van der Waals surface area contributed by atoms with Crippen LogP contribution in [0.1, 0.15) is 23.1 Å². The summed E-state index contributed by atoms with van der Waals surface area (Å²) in [6, 6.07) is 15.8. The average Bonchev–Trinajstić information content (AvgIpc) is 2.54. The van der Waals surface area contributed by atoms with E-state index in [1.165, 1.54) is 5.56 Å². The first-order valence-corrected chi connectivity index (χ1v) is 7.30. The van der Waals surface area contributed by atoms with Gasteiger partial charge in [0.1, 0.15) is 19.0 Å². The third kappa shape index (κ3) is 6.81. The Morgan fingerprint density at radius 1 is 0.957 bits per heavy atom. The molecule has 5 heteroatoms. The summed E-state index contributed by atoms with van der Waals surface area (Å²) in [5.41, 5.74) is 8.58. The van der Waals surface area contributed by atoms with Crippen molar-refractivity contribution in [1.29, 1.82) is 0 Å². The van der Waals surface area contributed by atoms with Crippen LogP contribution in [0, 0.1) is 6.92 Å². The van der Waals surface area contributed by atoms with Gasteiger partial charge in [-0.25, -0.2) is 0 Å². The Hall–Kier alpha value is -1.90. The quantitative estimate of drug-likeness (QED) is 0.625. The van der Waals surface area contributed by atoms with Gasteiger partial charge < -0.3 is 15.2 Å². The van der Waals surface area contributed by atoms with Crippen molar-refractivity contribution >= 4 is 15.9 Å². The van der Waals surface area contributed by atoms with Gasteiger partial charge in [0.25, 0.3) is 0 Å². The Balaban J connectivity index is 0.00000264. The van der Waals surface area contributed by atoms with E-state index in [-0.39, 0.29) is 28.9 Å². The predicted molar refractivity (Wildman–Crippen MR) is 96.5 cm³/mol. The van der Waals surface area contributed by atoms with Crippen molar-refractivity contribution in [1.82, 2.24) is 0 Å². The normalized spacial score (nSPS) is 9.83. The van der Waals surface area contributed by atoms with Crippen LogP contribution in [0.2, 0.25) is 0 Å². The van der Waals surface area contributed by atoms with Gasteiger partial charge in [-0.1, -0.05) is 42.0 Å². The van der Waals surface area contributed by atoms with Gasteiger partial charge in [0.05, 0.1) is 6.42 Å². The molecule has 0 saturated carbocycles. The molecule has 2 aromatic carbocycles. The van der Waals surface area contributed by atoms with Crippen molar-refractivity contribution in [2.45, 2.75) is 26.6 Å². The number of aryl methyl sites for hydroxylation is 1. The second-order valence-corrected chi connectivity index (χ2v) is 5.12. The third-order valence-electron chi connectivity index (χ3n) is 3.20. The summed E-state index contributed by atoms with van der Waals surface area (Å²) >= 11 is 0. The zero-order valence-electron chi connectivity index (χ0n) is 13.5. The molecule has 4 nitrogen and oxygen atoms in total. The molecule has 0 spiro atoms. The Labute approximate surface area is 140 Å². The number of carbonyl (C=O) groups is 1. The van der Waals surface area contributed by atoms with E-state index in [4.69, 9.17) is 15.2 Å². The maximum atomic E-state index is 11.2. The highest BCUT2D eigenvalue weighted by atomic mass is 31.0. The number of benzene rings is 2. The minimum Gasteiger partial charge on any atom is -0.489 e. The first kappa shape index (κ1) is 19.1. The lowest BCUT2D eigenvalue weighted by Crippen LogP contribution is -2.10. The summed E-state index contributed by atoms with van der Waals surface area (Å²) in [4.78, 5) is 11.2. The van der Waals surface area contributed by atoms with E-state index < -0.39 is 0 Å². The molecule has 1 unspecified atom stereocenters. The SMILES string of the molecule is Cc1ccc(COc2ccc(COC(=O)CCN)cc2)cc1.P. The van der Waals surface area contributed by atoms with Gasteiger partial charge in [-0.2, -0.15) is 9.90 Å². The van der Waals surface area contributed by atoms with Crippen LogP contribution in [-0.4, -0.2) is 12.5 Å². The summed E-state index contributed by atoms with van der Waals surface area (Å²) in [5, 5.41) is 0. The Morgan fingerprint density at radius 3 is 2.13 bits per heavy atom. The summed E-state index contributed by atoms with van der Waals surface area (Å²) in [6.07, 6.45) is 0.248. The standard InChI is InChI=1S/C18H21NO3.H3P/c1-14-2-4-15(5-3-14)12-21-17-8-6-16(7-9-17)13-22-18(20)10-11-19;/h2-9H,10-13,19H2,1H3;1H3. The molecule has 23 heavy (non-hydrogen) atoms. The van der Waals surface area contributed by atoms with Crippen molar-refractivity contribution in [3.63, 3.8) is 0 Å². The van der Waals surface area contributed by atoms with Crippen molar-refractivity contribution in [3.05, 3.63) is 65.2 Å². The first-order chi connectivity index (χ1) is 10.7. The van der Waals surface area contributed by atoms with E-state index in [0.717, 1.165) is 16.9 Å². The number of ether oxygens (including phenoxy) is 2. The van der Waals surface area contributed by atoms with Gasteiger partial charge in [-0.05, 0) is 30.2 Å². The van der Waals surface area contributed by atoms with Crippen molar-refractivity contribution < 1.29 is 14.3 Å². The van der Waals surface area contributed by atoms with Gasteiger partial charge in [-0.15, -0.1) is 0 Å². The predicted octanol–water partition coefficient (Wildman–Crippen LogP) is 3.02. The van der Waals surface area contributed by atoms with Crippen LogP contribution in [0.4, 0.5) is 0 Å². The van der Waals surface area contributed by atoms with Gasteiger partial charge in [-0.3, -0.25) is 4.79 Å². The molecule has 0 aromatic heterocycles. The zero-order valence-corrected chi connectivity index (χ0v) is 14.9. The first-order valence-electron chi connectivity index (χ1n) is 7.30. The molecule has 0 aliphatic rings. The van der Waals surface area contributed by atoms with E-state index >= 15 is 0 Å². The van der Waals surface area contributed by atoms with Crippen molar-refractivity contribution in [2.24, 2.45) is 5.73 Å². The number of hydrogen-bond acceptors (Lipinski definition) is 4. The fraction of sp³-hybridized carbons (Fsp3) is 0.278. The molecule has 2 aromatic rings. The van der Waals surface area contributed by atoms with Crippen molar-refractivity contribution in [2.75, 3.05) is 6.54 Å². The second kappa shape index (κ2) is 9.98. The number of carbonyl (C=O) groups excluding carboxylic acids is 1. The second-order valence-electron chi connectivity index (χ2n) is 5.12.